The van der Waals surface area contributed by atoms with Gasteiger partial charge in [-0.25, -0.2) is 13.2 Å². The van der Waals surface area contributed by atoms with Crippen molar-refractivity contribution < 1.29 is 17.9 Å². The van der Waals surface area contributed by atoms with Crippen molar-refractivity contribution in [2.75, 3.05) is 14.2 Å². The third kappa shape index (κ3) is 1.91. The van der Waals surface area contributed by atoms with E-state index in [1.165, 1.54) is 6.07 Å². The molecule has 1 saturated carbocycles. The summed E-state index contributed by atoms with van der Waals surface area (Å²) >= 11 is 0. The fourth-order valence-corrected chi connectivity index (χ4v) is 2.60. The second-order valence-corrected chi connectivity index (χ2v) is 4.61. The van der Waals surface area contributed by atoms with Gasteiger partial charge in [-0.2, -0.15) is 0 Å². The van der Waals surface area contributed by atoms with Gasteiger partial charge in [0.15, 0.2) is 17.5 Å². The molecule has 1 atom stereocenters. The van der Waals surface area contributed by atoms with E-state index in [-0.39, 0.29) is 5.56 Å². The van der Waals surface area contributed by atoms with E-state index in [0.717, 1.165) is 25.3 Å². The highest BCUT2D eigenvalue weighted by atomic mass is 19.2. The lowest BCUT2D eigenvalue weighted by atomic mass is 9.72. The summed E-state index contributed by atoms with van der Waals surface area (Å²) in [7, 11) is 3.21. The maximum absolute atomic E-state index is 13.8. The number of likely N-dealkylation sites (N-methyl/N-ethyl adjacent to an activating group) is 1. The van der Waals surface area contributed by atoms with Gasteiger partial charge in [0.05, 0.1) is 11.6 Å². The van der Waals surface area contributed by atoms with Crippen LogP contribution in [0.3, 0.4) is 0 Å². The number of benzene rings is 1. The highest BCUT2D eigenvalue weighted by Crippen LogP contribution is 2.45. The zero-order valence-electron chi connectivity index (χ0n) is 10.4. The Labute approximate surface area is 104 Å². The quantitative estimate of drug-likeness (QED) is 0.839. The molecule has 1 aromatic rings. The molecule has 18 heavy (non-hydrogen) atoms. The molecule has 2 rings (SSSR count). The molecule has 0 amide bonds. The lowest BCUT2D eigenvalue weighted by Crippen LogP contribution is -2.50. The van der Waals surface area contributed by atoms with Gasteiger partial charge in [0.1, 0.15) is 0 Å². The number of rotatable bonds is 4. The second kappa shape index (κ2) is 4.90. The molecule has 0 radical (unpaired) electrons. The molecule has 0 spiro atoms. The highest BCUT2D eigenvalue weighted by Gasteiger charge is 2.45. The Hall–Kier alpha value is -1.07. The Morgan fingerprint density at radius 3 is 2.33 bits per heavy atom. The zero-order valence-corrected chi connectivity index (χ0v) is 10.4. The summed E-state index contributed by atoms with van der Waals surface area (Å²) in [5.41, 5.74) is -0.419. The van der Waals surface area contributed by atoms with E-state index in [2.05, 4.69) is 5.32 Å². The topological polar surface area (TPSA) is 21.3 Å². The average Bonchev–Trinajstić information content (AvgIpc) is 2.32. The number of hydrogen-bond donors (Lipinski definition) is 1. The number of methoxy groups -OCH3 is 1. The van der Waals surface area contributed by atoms with Gasteiger partial charge in [-0.15, -0.1) is 0 Å². The van der Waals surface area contributed by atoms with Crippen molar-refractivity contribution in [1.82, 2.24) is 5.32 Å². The first-order valence-corrected chi connectivity index (χ1v) is 5.91. The maximum Gasteiger partial charge on any atom is 0.194 e. The van der Waals surface area contributed by atoms with Crippen molar-refractivity contribution in [1.29, 1.82) is 0 Å². The SMILES string of the molecule is CNC(c1ccc(F)c(F)c1F)C1(OC)CCC1. The molecule has 1 unspecified atom stereocenters. The monoisotopic (exact) mass is 259 g/mol. The van der Waals surface area contributed by atoms with Gasteiger partial charge in [-0.3, -0.25) is 0 Å². The van der Waals surface area contributed by atoms with Crippen LogP contribution in [0.4, 0.5) is 13.2 Å². The average molecular weight is 259 g/mol. The Bertz CT molecular complexity index is 441. The molecular formula is C13H16F3NO. The molecule has 0 heterocycles. The normalized spacial score (nSPS) is 19.4. The van der Waals surface area contributed by atoms with E-state index >= 15 is 0 Å². The molecule has 2 nitrogen and oxygen atoms in total. The van der Waals surface area contributed by atoms with E-state index in [1.807, 2.05) is 0 Å². The maximum atomic E-state index is 13.8. The number of ether oxygens (including phenoxy) is 1. The second-order valence-electron chi connectivity index (χ2n) is 4.61. The molecule has 1 aliphatic rings. The smallest absolute Gasteiger partial charge is 0.194 e. The van der Waals surface area contributed by atoms with Crippen LogP contribution in [0.5, 0.6) is 0 Å². The molecule has 1 aromatic carbocycles. The standard InChI is InChI=1S/C13H16F3NO/c1-17-12(13(18-2)6-3-7-13)8-4-5-9(14)11(16)10(8)15/h4-5,12,17H,3,6-7H2,1-2H3. The Morgan fingerprint density at radius 2 is 1.89 bits per heavy atom. The molecule has 0 aliphatic heterocycles. The summed E-state index contributed by atoms with van der Waals surface area (Å²) in [5.74, 6) is -3.75. The van der Waals surface area contributed by atoms with Crippen molar-refractivity contribution in [3.63, 3.8) is 0 Å². The van der Waals surface area contributed by atoms with Crippen LogP contribution in [0.2, 0.25) is 0 Å². The highest BCUT2D eigenvalue weighted by molar-refractivity contribution is 5.27. The van der Waals surface area contributed by atoms with Gasteiger partial charge in [0.2, 0.25) is 0 Å². The lowest BCUT2D eigenvalue weighted by Gasteiger charge is -2.46. The fourth-order valence-electron chi connectivity index (χ4n) is 2.60. The van der Waals surface area contributed by atoms with Crippen LogP contribution in [0, 0.1) is 17.5 Å². The Morgan fingerprint density at radius 1 is 1.22 bits per heavy atom. The Balaban J connectivity index is 2.42. The molecule has 5 heteroatoms. The minimum absolute atomic E-state index is 0.109. The van der Waals surface area contributed by atoms with Gasteiger partial charge in [0, 0.05) is 12.7 Å². The minimum atomic E-state index is -1.43. The van der Waals surface area contributed by atoms with Crippen molar-refractivity contribution in [3.8, 4) is 0 Å². The van der Waals surface area contributed by atoms with Crippen LogP contribution in [0.1, 0.15) is 30.9 Å². The zero-order chi connectivity index (χ0) is 13.3. The first-order chi connectivity index (χ1) is 8.55. The van der Waals surface area contributed by atoms with Gasteiger partial charge < -0.3 is 10.1 Å². The van der Waals surface area contributed by atoms with E-state index in [9.17, 15) is 13.2 Å². The van der Waals surface area contributed by atoms with Crippen LogP contribution in [-0.2, 0) is 4.74 Å². The van der Waals surface area contributed by atoms with Crippen LogP contribution in [0.15, 0.2) is 12.1 Å². The van der Waals surface area contributed by atoms with Crippen LogP contribution in [0.25, 0.3) is 0 Å². The van der Waals surface area contributed by atoms with Crippen molar-refractivity contribution in [3.05, 3.63) is 35.1 Å². The molecule has 1 aliphatic carbocycles. The van der Waals surface area contributed by atoms with E-state index < -0.39 is 29.1 Å². The van der Waals surface area contributed by atoms with Crippen molar-refractivity contribution in [2.45, 2.75) is 30.9 Å². The van der Waals surface area contributed by atoms with Crippen molar-refractivity contribution >= 4 is 0 Å². The first-order valence-electron chi connectivity index (χ1n) is 5.91. The predicted molar refractivity (Wildman–Crippen MR) is 61.7 cm³/mol. The number of halogens is 3. The molecule has 0 bridgehead atoms. The minimum Gasteiger partial charge on any atom is -0.376 e. The van der Waals surface area contributed by atoms with Crippen LogP contribution in [-0.4, -0.2) is 19.8 Å². The van der Waals surface area contributed by atoms with Crippen molar-refractivity contribution in [2.24, 2.45) is 0 Å². The molecule has 0 aromatic heterocycles. The first kappa shape index (κ1) is 13.4. The predicted octanol–water partition coefficient (Wildman–Crippen LogP) is 2.93. The summed E-state index contributed by atoms with van der Waals surface area (Å²) in [5, 5.41) is 2.95. The summed E-state index contributed by atoms with van der Waals surface area (Å²) in [6.07, 6.45) is 2.53. The van der Waals surface area contributed by atoms with E-state index in [1.54, 1.807) is 14.2 Å². The fraction of sp³-hybridized carbons (Fsp3) is 0.538. The number of nitrogens with one attached hydrogen (secondary N) is 1. The summed E-state index contributed by atoms with van der Waals surface area (Å²) < 4.78 is 45.5. The molecular weight excluding hydrogens is 243 g/mol. The molecule has 1 N–H and O–H groups in total. The van der Waals surface area contributed by atoms with Gasteiger partial charge in [-0.05, 0) is 32.4 Å². The number of hydrogen-bond acceptors (Lipinski definition) is 2. The summed E-state index contributed by atoms with van der Waals surface area (Å²) in [6.45, 7) is 0. The summed E-state index contributed by atoms with van der Waals surface area (Å²) in [6, 6.07) is 1.74. The van der Waals surface area contributed by atoms with Crippen LogP contribution >= 0.6 is 0 Å². The van der Waals surface area contributed by atoms with Gasteiger partial charge in [0.25, 0.3) is 0 Å². The molecule has 1 fully saturated rings. The van der Waals surface area contributed by atoms with Crippen LogP contribution < -0.4 is 5.32 Å². The third-order valence-electron chi connectivity index (χ3n) is 3.80. The van der Waals surface area contributed by atoms with Gasteiger partial charge in [-0.1, -0.05) is 6.07 Å². The Kier molecular flexibility index (Phi) is 3.64. The molecule has 100 valence electrons. The van der Waals surface area contributed by atoms with E-state index in [4.69, 9.17) is 4.74 Å². The van der Waals surface area contributed by atoms with E-state index in [0.29, 0.717) is 0 Å². The molecule has 0 saturated heterocycles. The summed E-state index contributed by atoms with van der Waals surface area (Å²) in [4.78, 5) is 0. The largest absolute Gasteiger partial charge is 0.376 e. The third-order valence-corrected chi connectivity index (χ3v) is 3.80. The van der Waals surface area contributed by atoms with Gasteiger partial charge >= 0.3 is 0 Å². The lowest BCUT2D eigenvalue weighted by molar-refractivity contribution is -0.0990.